The van der Waals surface area contributed by atoms with Crippen molar-refractivity contribution in [3.8, 4) is 23.0 Å². The van der Waals surface area contributed by atoms with E-state index in [-0.39, 0.29) is 19.0 Å². The maximum atomic E-state index is 11.5. The Kier molecular flexibility index (Phi) is 14.7. The molecule has 0 spiro atoms. The largest absolute Gasteiger partial charge is 0.457 e. The highest BCUT2D eigenvalue weighted by Crippen LogP contribution is 2.25. The van der Waals surface area contributed by atoms with Crippen LogP contribution in [-0.4, -0.2) is 23.5 Å². The minimum atomic E-state index is -0.849. The van der Waals surface area contributed by atoms with E-state index in [0.29, 0.717) is 34.8 Å². The summed E-state index contributed by atoms with van der Waals surface area (Å²) >= 11 is 0. The molecule has 8 heteroatoms. The molecule has 0 saturated heterocycles. The Hall–Kier alpha value is -5.76. The van der Waals surface area contributed by atoms with Crippen LogP contribution >= 0.6 is 0 Å². The van der Waals surface area contributed by atoms with Gasteiger partial charge in [-0.25, -0.2) is 9.59 Å². The average molecular weight is 663 g/mol. The molecule has 0 heterocycles. The maximum absolute atomic E-state index is 11.5. The zero-order chi connectivity index (χ0) is 35.8. The number of benzene rings is 4. The lowest BCUT2D eigenvalue weighted by atomic mass is 10.0. The molecule has 4 rings (SSSR count). The smallest absolute Gasteiger partial charge is 0.374 e. The normalized spacial score (nSPS) is 10.1. The van der Waals surface area contributed by atoms with Gasteiger partial charge in [0.2, 0.25) is 5.78 Å². The maximum Gasteiger partial charge on any atom is 0.374 e. The third kappa shape index (κ3) is 13.5. The molecule has 0 radical (unpaired) electrons. The molecule has 0 amide bonds. The van der Waals surface area contributed by atoms with Crippen LogP contribution in [-0.2, 0) is 48.3 Å². The fourth-order valence-corrected chi connectivity index (χ4v) is 4.13. The summed E-state index contributed by atoms with van der Waals surface area (Å²) in [7, 11) is 0. The number of Topliss-reactive ketones (excluding diaryl/α,β-unsaturated/α-hetero) is 2. The number of hydrogen-bond donors (Lipinski definition) is 0. The average Bonchev–Trinajstić information content (AvgIpc) is 3.09. The van der Waals surface area contributed by atoms with Crippen molar-refractivity contribution < 1.29 is 38.1 Å². The summed E-state index contributed by atoms with van der Waals surface area (Å²) in [6.45, 7) is 13.8. The van der Waals surface area contributed by atoms with Crippen molar-refractivity contribution in [1.29, 1.82) is 0 Å². The highest BCUT2D eigenvalue weighted by atomic mass is 16.5. The number of carbonyl (C=O) groups excluding carboxylic acids is 4. The van der Waals surface area contributed by atoms with Gasteiger partial charge in [0.1, 0.15) is 36.2 Å². The summed E-state index contributed by atoms with van der Waals surface area (Å²) in [4.78, 5) is 44.4. The third-order valence-corrected chi connectivity index (χ3v) is 6.90. The number of esters is 2. The SMILES string of the molecule is C=C(C)C(=O)CCC.C=C(C)C(=O)OCc1ccc(Oc2ccc(Cc3ccc(Oc4ccc(COC(=O)C(C)=O)cc4)cc3)cc2)cc1. The van der Waals surface area contributed by atoms with Crippen LogP contribution in [0.1, 0.15) is 62.8 Å². The summed E-state index contributed by atoms with van der Waals surface area (Å²) in [6, 6.07) is 30.3. The molecular weight excluding hydrogens is 620 g/mol. The molecule has 0 unspecified atom stereocenters. The van der Waals surface area contributed by atoms with E-state index in [4.69, 9.17) is 18.9 Å². The van der Waals surface area contributed by atoms with Crippen LogP contribution in [0.5, 0.6) is 23.0 Å². The van der Waals surface area contributed by atoms with Gasteiger partial charge >= 0.3 is 11.9 Å². The molecular formula is C41H42O8. The molecule has 4 aromatic carbocycles. The topological polar surface area (TPSA) is 105 Å². The molecule has 254 valence electrons. The standard InChI is InChI=1S/C34H30O7.C7H12O/c1-23(2)33(36)38-21-27-8-16-31(17-9-27)40-29-12-4-25(5-13-29)20-26-6-14-30(15-7-26)41-32-18-10-28(11-19-32)22-39-34(37)24(3)35;1-4-5-7(8)6(2)3/h4-19H,1,20-22H2,2-3H3;2,4-5H2,1,3H3. The van der Waals surface area contributed by atoms with Crippen molar-refractivity contribution in [2.45, 2.75) is 60.2 Å². The number of hydrogen-bond acceptors (Lipinski definition) is 8. The summed E-state index contributed by atoms with van der Waals surface area (Å²) < 4.78 is 21.9. The predicted molar refractivity (Wildman–Crippen MR) is 189 cm³/mol. The van der Waals surface area contributed by atoms with Crippen LogP contribution < -0.4 is 9.47 Å². The quantitative estimate of drug-likeness (QED) is 0.0705. The predicted octanol–water partition coefficient (Wildman–Crippen LogP) is 9.05. The first-order valence-electron chi connectivity index (χ1n) is 15.8. The van der Waals surface area contributed by atoms with E-state index >= 15 is 0 Å². The highest BCUT2D eigenvalue weighted by molar-refractivity contribution is 6.32. The van der Waals surface area contributed by atoms with E-state index in [1.807, 2.05) is 79.7 Å². The first kappa shape index (κ1) is 37.7. The fraction of sp³-hybridized carbons (Fsp3) is 0.220. The second kappa shape index (κ2) is 19.2. The van der Waals surface area contributed by atoms with Crippen molar-refractivity contribution in [2.75, 3.05) is 0 Å². The molecule has 0 atom stereocenters. The zero-order valence-electron chi connectivity index (χ0n) is 28.5. The van der Waals surface area contributed by atoms with Gasteiger partial charge in [-0.05, 0) is 103 Å². The van der Waals surface area contributed by atoms with E-state index < -0.39 is 17.7 Å². The zero-order valence-corrected chi connectivity index (χ0v) is 28.5. The van der Waals surface area contributed by atoms with E-state index in [1.165, 1.54) is 6.92 Å². The third-order valence-electron chi connectivity index (χ3n) is 6.90. The van der Waals surface area contributed by atoms with Gasteiger partial charge < -0.3 is 18.9 Å². The summed E-state index contributed by atoms with van der Waals surface area (Å²) in [5.74, 6) is 1.07. The first-order chi connectivity index (χ1) is 23.4. The van der Waals surface area contributed by atoms with Gasteiger partial charge in [-0.15, -0.1) is 0 Å². The number of ketones is 2. The summed E-state index contributed by atoms with van der Waals surface area (Å²) in [5.41, 5.74) is 4.94. The van der Waals surface area contributed by atoms with E-state index in [2.05, 4.69) is 13.2 Å². The number of carbonyl (C=O) groups is 4. The molecule has 4 aromatic rings. The highest BCUT2D eigenvalue weighted by Gasteiger charge is 2.09. The Labute approximate surface area is 288 Å². The Morgan fingerprint density at radius 2 is 0.857 bits per heavy atom. The molecule has 0 aromatic heterocycles. The Balaban J connectivity index is 0.000000723. The van der Waals surface area contributed by atoms with Crippen molar-refractivity contribution in [1.82, 2.24) is 0 Å². The van der Waals surface area contributed by atoms with Gasteiger partial charge in [0.15, 0.2) is 5.78 Å². The van der Waals surface area contributed by atoms with Crippen LogP contribution in [0.25, 0.3) is 0 Å². The molecule has 0 aliphatic heterocycles. The first-order valence-corrected chi connectivity index (χ1v) is 15.8. The molecule has 8 nitrogen and oxygen atoms in total. The van der Waals surface area contributed by atoms with Gasteiger partial charge in [-0.1, -0.05) is 68.6 Å². The molecule has 0 bridgehead atoms. The lowest BCUT2D eigenvalue weighted by molar-refractivity contribution is -0.153. The van der Waals surface area contributed by atoms with Crippen LogP contribution in [0.3, 0.4) is 0 Å². The number of allylic oxidation sites excluding steroid dienone is 1. The van der Waals surface area contributed by atoms with E-state index in [0.717, 1.165) is 40.8 Å². The van der Waals surface area contributed by atoms with Gasteiger partial charge in [0.05, 0.1) is 0 Å². The van der Waals surface area contributed by atoms with E-state index in [9.17, 15) is 19.2 Å². The van der Waals surface area contributed by atoms with Crippen molar-refractivity contribution in [3.63, 3.8) is 0 Å². The van der Waals surface area contributed by atoms with Gasteiger partial charge in [-0.2, -0.15) is 0 Å². The van der Waals surface area contributed by atoms with Gasteiger partial charge in [-0.3, -0.25) is 9.59 Å². The van der Waals surface area contributed by atoms with Crippen molar-refractivity contribution in [3.05, 3.63) is 144 Å². The van der Waals surface area contributed by atoms with Crippen LogP contribution in [0.15, 0.2) is 121 Å². The van der Waals surface area contributed by atoms with Gasteiger partial charge in [0, 0.05) is 18.9 Å². The van der Waals surface area contributed by atoms with Crippen molar-refractivity contribution >= 4 is 23.5 Å². The minimum Gasteiger partial charge on any atom is -0.457 e. The van der Waals surface area contributed by atoms with Gasteiger partial charge in [0.25, 0.3) is 0 Å². The lowest BCUT2D eigenvalue weighted by Gasteiger charge is -2.10. The lowest BCUT2D eigenvalue weighted by Crippen LogP contribution is -2.13. The molecule has 49 heavy (non-hydrogen) atoms. The monoisotopic (exact) mass is 662 g/mol. The Bertz CT molecular complexity index is 1620. The molecule has 0 aliphatic rings. The molecule has 0 saturated carbocycles. The molecule has 0 fully saturated rings. The van der Waals surface area contributed by atoms with E-state index in [1.54, 1.807) is 38.1 Å². The molecule has 0 N–H and O–H groups in total. The Morgan fingerprint density at radius 1 is 0.510 bits per heavy atom. The second-order valence-electron chi connectivity index (χ2n) is 11.4. The summed E-state index contributed by atoms with van der Waals surface area (Å²) in [6.07, 6.45) is 2.33. The Morgan fingerprint density at radius 3 is 1.14 bits per heavy atom. The van der Waals surface area contributed by atoms with Crippen LogP contribution in [0.2, 0.25) is 0 Å². The molecule has 0 aliphatic carbocycles. The van der Waals surface area contributed by atoms with Crippen LogP contribution in [0, 0.1) is 0 Å². The van der Waals surface area contributed by atoms with Crippen LogP contribution in [0.4, 0.5) is 0 Å². The minimum absolute atomic E-state index is 0.0317. The number of rotatable bonds is 15. The second-order valence-corrected chi connectivity index (χ2v) is 11.4. The summed E-state index contributed by atoms with van der Waals surface area (Å²) in [5, 5.41) is 0. The number of ether oxygens (including phenoxy) is 4. The fourth-order valence-electron chi connectivity index (χ4n) is 4.13. The van der Waals surface area contributed by atoms with Crippen molar-refractivity contribution in [2.24, 2.45) is 0 Å².